The van der Waals surface area contributed by atoms with Gasteiger partial charge in [-0.3, -0.25) is 9.69 Å². The SMILES string of the molecule is CCCCNC(=S)N(CCN1CCOCC1)Cc1cc2cc(CC)ccc2[nH]c1=O. The van der Waals surface area contributed by atoms with Crippen LogP contribution in [0, 0.1) is 0 Å². The maximum Gasteiger partial charge on any atom is 0.253 e. The first-order valence-electron chi connectivity index (χ1n) is 11.1. The molecule has 2 N–H and O–H groups in total. The molecule has 0 spiro atoms. The van der Waals surface area contributed by atoms with E-state index in [9.17, 15) is 4.79 Å². The lowest BCUT2D eigenvalue weighted by molar-refractivity contribution is 0.0357. The molecule has 0 atom stereocenters. The Morgan fingerprint density at radius 3 is 2.80 bits per heavy atom. The molecule has 1 fully saturated rings. The molecule has 0 saturated carbocycles. The molecule has 2 heterocycles. The molecule has 0 bridgehead atoms. The summed E-state index contributed by atoms with van der Waals surface area (Å²) in [4.78, 5) is 20.3. The van der Waals surface area contributed by atoms with Crippen LogP contribution in [0.25, 0.3) is 10.9 Å². The van der Waals surface area contributed by atoms with Crippen molar-refractivity contribution in [1.29, 1.82) is 0 Å². The lowest BCUT2D eigenvalue weighted by atomic mass is 10.1. The second-order valence-electron chi connectivity index (χ2n) is 7.86. The van der Waals surface area contributed by atoms with Crippen LogP contribution in [-0.2, 0) is 17.7 Å². The number of pyridine rings is 1. The molecule has 6 nitrogen and oxygen atoms in total. The topological polar surface area (TPSA) is 60.6 Å². The number of aromatic amines is 1. The largest absolute Gasteiger partial charge is 0.379 e. The molecule has 1 aromatic carbocycles. The first-order valence-corrected chi connectivity index (χ1v) is 11.5. The summed E-state index contributed by atoms with van der Waals surface area (Å²) in [5.41, 5.74) is 2.85. The molecule has 1 aliphatic rings. The zero-order valence-corrected chi connectivity index (χ0v) is 19.0. The summed E-state index contributed by atoms with van der Waals surface area (Å²) in [6.07, 6.45) is 3.17. The van der Waals surface area contributed by atoms with Crippen molar-refractivity contribution < 1.29 is 4.74 Å². The van der Waals surface area contributed by atoms with Gasteiger partial charge in [-0.25, -0.2) is 0 Å². The highest BCUT2D eigenvalue weighted by Gasteiger charge is 2.16. The molecule has 30 heavy (non-hydrogen) atoms. The molecule has 3 rings (SSSR count). The highest BCUT2D eigenvalue weighted by atomic mass is 32.1. The predicted molar refractivity (Wildman–Crippen MR) is 127 cm³/mol. The van der Waals surface area contributed by atoms with Gasteiger partial charge in [-0.15, -0.1) is 0 Å². The first kappa shape index (κ1) is 22.7. The number of rotatable bonds is 9. The van der Waals surface area contributed by atoms with Crippen molar-refractivity contribution >= 4 is 28.2 Å². The van der Waals surface area contributed by atoms with Crippen molar-refractivity contribution in [3.05, 3.63) is 45.7 Å². The Morgan fingerprint density at radius 1 is 1.27 bits per heavy atom. The second kappa shape index (κ2) is 11.4. The molecule has 7 heteroatoms. The van der Waals surface area contributed by atoms with Gasteiger partial charge in [0.05, 0.1) is 19.8 Å². The number of nitrogens with one attached hydrogen (secondary N) is 2. The number of ether oxygens (including phenoxy) is 1. The van der Waals surface area contributed by atoms with Crippen LogP contribution in [0.5, 0.6) is 0 Å². The molecule has 2 aromatic rings. The van der Waals surface area contributed by atoms with E-state index in [1.54, 1.807) is 0 Å². The van der Waals surface area contributed by atoms with Gasteiger partial charge < -0.3 is 19.9 Å². The standard InChI is InChI=1S/C23H34N4O2S/c1-3-5-8-24-23(30)27(10-9-26-11-13-29-14-12-26)17-20-16-19-15-18(4-2)6-7-21(19)25-22(20)28/h6-7,15-16H,3-5,8-14,17H2,1-2H3,(H,24,30)(H,25,28). The van der Waals surface area contributed by atoms with Gasteiger partial charge in [-0.1, -0.05) is 26.3 Å². The number of H-pyrrole nitrogens is 1. The minimum atomic E-state index is -0.0421. The van der Waals surface area contributed by atoms with Crippen LogP contribution in [-0.4, -0.2) is 65.8 Å². The fourth-order valence-electron chi connectivity index (χ4n) is 3.67. The summed E-state index contributed by atoms with van der Waals surface area (Å²) in [5.74, 6) is 0. The van der Waals surface area contributed by atoms with Crippen molar-refractivity contribution in [3.63, 3.8) is 0 Å². The van der Waals surface area contributed by atoms with E-state index in [0.29, 0.717) is 6.54 Å². The number of benzene rings is 1. The Hall–Kier alpha value is -1.96. The maximum absolute atomic E-state index is 12.7. The highest BCUT2D eigenvalue weighted by molar-refractivity contribution is 7.80. The van der Waals surface area contributed by atoms with Crippen LogP contribution in [0.15, 0.2) is 29.1 Å². The van der Waals surface area contributed by atoms with E-state index < -0.39 is 0 Å². The molecule has 0 aliphatic carbocycles. The fraction of sp³-hybridized carbons (Fsp3) is 0.565. The molecular weight excluding hydrogens is 396 g/mol. The molecule has 0 radical (unpaired) electrons. The summed E-state index contributed by atoms with van der Waals surface area (Å²) in [5, 5.41) is 5.16. The smallest absolute Gasteiger partial charge is 0.253 e. The van der Waals surface area contributed by atoms with Gasteiger partial charge in [0.25, 0.3) is 5.56 Å². The third-order valence-electron chi connectivity index (χ3n) is 5.64. The molecule has 1 aliphatic heterocycles. The Kier molecular flexibility index (Phi) is 8.66. The van der Waals surface area contributed by atoms with Gasteiger partial charge in [-0.05, 0) is 54.2 Å². The first-order chi connectivity index (χ1) is 14.6. The lowest BCUT2D eigenvalue weighted by Crippen LogP contribution is -2.46. The van der Waals surface area contributed by atoms with E-state index in [1.165, 1.54) is 5.56 Å². The van der Waals surface area contributed by atoms with Crippen LogP contribution in [0.4, 0.5) is 0 Å². The number of morpholine rings is 1. The third-order valence-corrected chi connectivity index (χ3v) is 6.04. The van der Waals surface area contributed by atoms with Gasteiger partial charge in [0.15, 0.2) is 5.11 Å². The highest BCUT2D eigenvalue weighted by Crippen LogP contribution is 2.15. The molecule has 164 valence electrons. The number of thiocarbonyl (C=S) groups is 1. The van der Waals surface area contributed by atoms with Crippen LogP contribution < -0.4 is 10.9 Å². The van der Waals surface area contributed by atoms with Gasteiger partial charge in [0.2, 0.25) is 0 Å². The number of aromatic nitrogens is 1. The van der Waals surface area contributed by atoms with E-state index in [1.807, 2.05) is 12.1 Å². The van der Waals surface area contributed by atoms with Gasteiger partial charge in [0.1, 0.15) is 0 Å². The number of unbranched alkanes of at least 4 members (excludes halogenated alkanes) is 1. The Labute approximate surface area is 184 Å². The van der Waals surface area contributed by atoms with E-state index in [-0.39, 0.29) is 5.56 Å². The number of nitrogens with zero attached hydrogens (tertiary/aromatic N) is 2. The molecule has 0 amide bonds. The molecule has 1 aromatic heterocycles. The number of hydrogen-bond acceptors (Lipinski definition) is 4. The summed E-state index contributed by atoms with van der Waals surface area (Å²) in [6.45, 7) is 10.8. The maximum atomic E-state index is 12.7. The minimum Gasteiger partial charge on any atom is -0.379 e. The van der Waals surface area contributed by atoms with Crippen LogP contribution in [0.1, 0.15) is 37.8 Å². The quantitative estimate of drug-likeness (QED) is 0.471. The van der Waals surface area contributed by atoms with Crippen molar-refractivity contribution in [2.24, 2.45) is 0 Å². The predicted octanol–water partition coefficient (Wildman–Crippen LogP) is 2.90. The fourth-order valence-corrected chi connectivity index (χ4v) is 3.93. The van der Waals surface area contributed by atoms with Crippen molar-refractivity contribution in [2.75, 3.05) is 45.9 Å². The van der Waals surface area contributed by atoms with E-state index in [4.69, 9.17) is 17.0 Å². The van der Waals surface area contributed by atoms with Gasteiger partial charge >= 0.3 is 0 Å². The van der Waals surface area contributed by atoms with E-state index in [0.717, 1.165) is 86.8 Å². The van der Waals surface area contributed by atoms with Crippen LogP contribution in [0.3, 0.4) is 0 Å². The van der Waals surface area contributed by atoms with Crippen LogP contribution in [0.2, 0.25) is 0 Å². The van der Waals surface area contributed by atoms with Crippen LogP contribution >= 0.6 is 12.2 Å². The third kappa shape index (κ3) is 6.27. The van der Waals surface area contributed by atoms with Gasteiger partial charge in [0, 0.05) is 43.8 Å². The summed E-state index contributed by atoms with van der Waals surface area (Å²) in [6, 6.07) is 8.24. The minimum absolute atomic E-state index is 0.0421. The second-order valence-corrected chi connectivity index (χ2v) is 8.25. The Bertz CT molecular complexity index is 892. The summed E-state index contributed by atoms with van der Waals surface area (Å²) >= 11 is 5.69. The lowest BCUT2D eigenvalue weighted by Gasteiger charge is -2.31. The normalized spacial score (nSPS) is 14.7. The average Bonchev–Trinajstić information content (AvgIpc) is 2.77. The average molecular weight is 431 g/mol. The van der Waals surface area contributed by atoms with Crippen molar-refractivity contribution in [2.45, 2.75) is 39.7 Å². The summed E-state index contributed by atoms with van der Waals surface area (Å²) in [7, 11) is 0. The Morgan fingerprint density at radius 2 is 2.07 bits per heavy atom. The zero-order chi connectivity index (χ0) is 21.3. The summed E-state index contributed by atoms with van der Waals surface area (Å²) < 4.78 is 5.45. The van der Waals surface area contributed by atoms with Gasteiger partial charge in [-0.2, -0.15) is 0 Å². The number of fused-ring (bicyclic) bond motifs is 1. The van der Waals surface area contributed by atoms with Crippen molar-refractivity contribution in [3.8, 4) is 0 Å². The van der Waals surface area contributed by atoms with E-state index >= 15 is 0 Å². The molecule has 1 saturated heterocycles. The molecule has 0 unspecified atom stereocenters. The van der Waals surface area contributed by atoms with Crippen molar-refractivity contribution in [1.82, 2.24) is 20.1 Å². The zero-order valence-electron chi connectivity index (χ0n) is 18.2. The number of aryl methyl sites for hydroxylation is 1. The Balaban J connectivity index is 1.76. The number of hydrogen-bond donors (Lipinski definition) is 2. The monoisotopic (exact) mass is 430 g/mol. The molecular formula is C23H34N4O2S. The van der Waals surface area contributed by atoms with E-state index in [2.05, 4.69) is 46.1 Å².